The summed E-state index contributed by atoms with van der Waals surface area (Å²) in [6, 6.07) is 7.32. The summed E-state index contributed by atoms with van der Waals surface area (Å²) in [5, 5.41) is 20.0. The monoisotopic (exact) mass is 210 g/mol. The number of hydrogen-bond donors (Lipinski definition) is 3. The molecule has 1 aromatic rings. The average Bonchev–Trinajstić information content (AvgIpc) is 2.28. The van der Waals surface area contributed by atoms with Gasteiger partial charge in [0, 0.05) is 6.61 Å². The maximum Gasteiger partial charge on any atom is 0.177 e. The number of benzene rings is 1. The first kappa shape index (κ1) is 11.3. The number of nitrogens with zero attached hydrogens (tertiary/aromatic N) is 1. The molecule has 0 atom stereocenters. The van der Waals surface area contributed by atoms with Crippen molar-refractivity contribution in [3.63, 3.8) is 0 Å². The van der Waals surface area contributed by atoms with Crippen molar-refractivity contribution in [3.8, 4) is 5.75 Å². The van der Waals surface area contributed by atoms with Crippen LogP contribution >= 0.6 is 0 Å². The topological polar surface area (TPSA) is 88.1 Å². The normalized spacial score (nSPS) is 11.4. The SMILES string of the molecule is N/C(COc1ccccc1CCO)=N/O. The number of aliphatic hydroxyl groups is 1. The van der Waals surface area contributed by atoms with Crippen molar-refractivity contribution in [1.29, 1.82) is 0 Å². The molecule has 0 heterocycles. The summed E-state index contributed by atoms with van der Waals surface area (Å²) in [7, 11) is 0. The molecule has 0 spiro atoms. The number of oxime groups is 1. The van der Waals surface area contributed by atoms with Gasteiger partial charge in [-0.05, 0) is 18.1 Å². The van der Waals surface area contributed by atoms with E-state index in [1.165, 1.54) is 0 Å². The second kappa shape index (κ2) is 5.87. The van der Waals surface area contributed by atoms with Crippen LogP contribution < -0.4 is 10.5 Å². The Morgan fingerprint density at radius 1 is 1.40 bits per heavy atom. The zero-order valence-electron chi connectivity index (χ0n) is 8.26. The number of aliphatic hydroxyl groups excluding tert-OH is 1. The summed E-state index contributed by atoms with van der Waals surface area (Å²) in [4.78, 5) is 0. The highest BCUT2D eigenvalue weighted by Gasteiger charge is 2.03. The molecule has 0 amide bonds. The quantitative estimate of drug-likeness (QED) is 0.283. The van der Waals surface area contributed by atoms with Crippen molar-refractivity contribution in [1.82, 2.24) is 0 Å². The first-order valence-corrected chi connectivity index (χ1v) is 4.56. The molecule has 5 nitrogen and oxygen atoms in total. The lowest BCUT2D eigenvalue weighted by Gasteiger charge is -2.09. The van der Waals surface area contributed by atoms with Gasteiger partial charge in [0.15, 0.2) is 5.84 Å². The Balaban J connectivity index is 2.66. The molecule has 1 aromatic carbocycles. The fraction of sp³-hybridized carbons (Fsp3) is 0.300. The van der Waals surface area contributed by atoms with E-state index in [9.17, 15) is 0 Å². The first-order chi connectivity index (χ1) is 7.27. The standard InChI is InChI=1S/C10H14N2O3/c11-10(12-14)7-15-9-4-2-1-3-8(9)5-6-13/h1-4,13-14H,5-7H2,(H2,11,12). The third-order valence-electron chi connectivity index (χ3n) is 1.86. The summed E-state index contributed by atoms with van der Waals surface area (Å²) in [6.07, 6.45) is 0.520. The molecular formula is C10H14N2O3. The number of amidine groups is 1. The number of para-hydroxylation sites is 1. The molecule has 15 heavy (non-hydrogen) atoms. The minimum atomic E-state index is 0.00815. The highest BCUT2D eigenvalue weighted by atomic mass is 16.5. The van der Waals surface area contributed by atoms with Gasteiger partial charge in [-0.2, -0.15) is 0 Å². The predicted octanol–water partition coefficient (Wildman–Crippen LogP) is 0.347. The van der Waals surface area contributed by atoms with Crippen molar-refractivity contribution in [2.75, 3.05) is 13.2 Å². The second-order valence-electron chi connectivity index (χ2n) is 2.96. The Labute approximate surface area is 87.8 Å². The van der Waals surface area contributed by atoms with E-state index in [-0.39, 0.29) is 19.0 Å². The Bertz CT molecular complexity index is 339. The van der Waals surface area contributed by atoms with E-state index in [1.54, 1.807) is 6.07 Å². The summed E-state index contributed by atoms with van der Waals surface area (Å²) in [6.45, 7) is 0.0862. The fourth-order valence-corrected chi connectivity index (χ4v) is 1.15. The van der Waals surface area contributed by atoms with Gasteiger partial charge in [-0.15, -0.1) is 0 Å². The molecule has 82 valence electrons. The van der Waals surface area contributed by atoms with Crippen molar-refractivity contribution in [2.24, 2.45) is 10.9 Å². The lowest BCUT2D eigenvalue weighted by atomic mass is 10.1. The van der Waals surface area contributed by atoms with Gasteiger partial charge in [0.2, 0.25) is 0 Å². The molecule has 0 aliphatic heterocycles. The summed E-state index contributed by atoms with van der Waals surface area (Å²) < 4.78 is 5.32. The average molecular weight is 210 g/mol. The van der Waals surface area contributed by atoms with Crippen LogP contribution in [0, 0.1) is 0 Å². The zero-order chi connectivity index (χ0) is 11.1. The molecule has 0 fully saturated rings. The van der Waals surface area contributed by atoms with Crippen LogP contribution in [-0.2, 0) is 6.42 Å². The van der Waals surface area contributed by atoms with E-state index in [2.05, 4.69) is 5.16 Å². The molecule has 0 bridgehead atoms. The third kappa shape index (κ3) is 3.47. The Kier molecular flexibility index (Phi) is 4.43. The molecule has 0 aliphatic rings. The van der Waals surface area contributed by atoms with Crippen LogP contribution in [0.5, 0.6) is 5.75 Å². The van der Waals surface area contributed by atoms with Gasteiger partial charge >= 0.3 is 0 Å². The molecule has 0 radical (unpaired) electrons. The van der Waals surface area contributed by atoms with Crippen LogP contribution in [0.2, 0.25) is 0 Å². The number of ether oxygens (including phenoxy) is 1. The third-order valence-corrected chi connectivity index (χ3v) is 1.86. The van der Waals surface area contributed by atoms with Crippen molar-refractivity contribution in [3.05, 3.63) is 29.8 Å². The van der Waals surface area contributed by atoms with Gasteiger partial charge in [-0.25, -0.2) is 0 Å². The molecular weight excluding hydrogens is 196 g/mol. The Morgan fingerprint density at radius 3 is 2.80 bits per heavy atom. The van der Waals surface area contributed by atoms with E-state index >= 15 is 0 Å². The van der Waals surface area contributed by atoms with Gasteiger partial charge in [0.05, 0.1) is 0 Å². The Morgan fingerprint density at radius 2 is 2.13 bits per heavy atom. The largest absolute Gasteiger partial charge is 0.485 e. The van der Waals surface area contributed by atoms with Gasteiger partial charge < -0.3 is 20.8 Å². The second-order valence-corrected chi connectivity index (χ2v) is 2.96. The van der Waals surface area contributed by atoms with Gasteiger partial charge in [-0.1, -0.05) is 23.4 Å². The molecule has 5 heteroatoms. The predicted molar refractivity (Wildman–Crippen MR) is 56.1 cm³/mol. The van der Waals surface area contributed by atoms with Gasteiger partial charge in [0.25, 0.3) is 0 Å². The summed E-state index contributed by atoms with van der Waals surface area (Å²) in [5.41, 5.74) is 6.16. The van der Waals surface area contributed by atoms with Crippen molar-refractivity contribution < 1.29 is 15.1 Å². The number of hydrogen-bond acceptors (Lipinski definition) is 4. The van der Waals surface area contributed by atoms with Crippen LogP contribution in [0.3, 0.4) is 0 Å². The minimum absolute atomic E-state index is 0.00815. The van der Waals surface area contributed by atoms with Crippen molar-refractivity contribution in [2.45, 2.75) is 6.42 Å². The highest BCUT2D eigenvalue weighted by molar-refractivity contribution is 5.81. The van der Waals surface area contributed by atoms with E-state index in [1.807, 2.05) is 18.2 Å². The van der Waals surface area contributed by atoms with Crippen molar-refractivity contribution >= 4 is 5.84 Å². The molecule has 0 unspecified atom stereocenters. The molecule has 0 aromatic heterocycles. The van der Waals surface area contributed by atoms with E-state index in [4.69, 9.17) is 20.8 Å². The lowest BCUT2D eigenvalue weighted by Crippen LogP contribution is -2.21. The zero-order valence-corrected chi connectivity index (χ0v) is 8.26. The molecule has 0 saturated heterocycles. The van der Waals surface area contributed by atoms with Crippen LogP contribution in [-0.4, -0.2) is 29.4 Å². The Hall–Kier alpha value is -1.75. The lowest BCUT2D eigenvalue weighted by molar-refractivity contribution is 0.292. The van der Waals surface area contributed by atoms with Crippen LogP contribution in [0.1, 0.15) is 5.56 Å². The molecule has 0 aliphatic carbocycles. The first-order valence-electron chi connectivity index (χ1n) is 4.56. The van der Waals surface area contributed by atoms with E-state index < -0.39 is 0 Å². The smallest absolute Gasteiger partial charge is 0.177 e. The fourth-order valence-electron chi connectivity index (χ4n) is 1.15. The van der Waals surface area contributed by atoms with Crippen LogP contribution in [0.4, 0.5) is 0 Å². The number of rotatable bonds is 5. The van der Waals surface area contributed by atoms with E-state index in [0.717, 1.165) is 5.56 Å². The van der Waals surface area contributed by atoms with Gasteiger partial charge in [0.1, 0.15) is 12.4 Å². The van der Waals surface area contributed by atoms with Gasteiger partial charge in [-0.3, -0.25) is 0 Å². The minimum Gasteiger partial charge on any atom is -0.485 e. The summed E-state index contributed by atoms with van der Waals surface area (Å²) in [5.74, 6) is 0.645. The van der Waals surface area contributed by atoms with E-state index in [0.29, 0.717) is 12.2 Å². The maximum atomic E-state index is 8.82. The number of nitrogens with two attached hydrogens (primary N) is 1. The van der Waals surface area contributed by atoms with Crippen LogP contribution in [0.25, 0.3) is 0 Å². The molecule has 4 N–H and O–H groups in total. The summed E-state index contributed by atoms with van der Waals surface area (Å²) >= 11 is 0. The highest BCUT2D eigenvalue weighted by Crippen LogP contribution is 2.17. The molecule has 0 saturated carbocycles. The maximum absolute atomic E-state index is 8.82. The molecule has 1 rings (SSSR count). The van der Waals surface area contributed by atoms with Crippen LogP contribution in [0.15, 0.2) is 29.4 Å².